The smallest absolute Gasteiger partial charge is 0.281 e. The predicted molar refractivity (Wildman–Crippen MR) is 72.2 cm³/mol. The van der Waals surface area contributed by atoms with Crippen LogP contribution in [-0.4, -0.2) is 50.3 Å². The molecule has 2 fully saturated rings. The maximum Gasteiger partial charge on any atom is 0.281 e. The summed E-state index contributed by atoms with van der Waals surface area (Å²) in [5.41, 5.74) is 5.63. The maximum absolute atomic E-state index is 12.4. The molecular weight excluding hydrogens is 250 g/mol. The van der Waals surface area contributed by atoms with Gasteiger partial charge >= 0.3 is 0 Å². The van der Waals surface area contributed by atoms with E-state index in [4.69, 9.17) is 5.73 Å². The van der Waals surface area contributed by atoms with Crippen molar-refractivity contribution in [2.75, 3.05) is 33.2 Å². The second-order valence-electron chi connectivity index (χ2n) is 5.66. The van der Waals surface area contributed by atoms with Crippen molar-refractivity contribution in [3.8, 4) is 0 Å². The molecule has 6 heteroatoms. The Morgan fingerprint density at radius 2 is 1.78 bits per heavy atom. The van der Waals surface area contributed by atoms with E-state index in [1.807, 2.05) is 0 Å². The van der Waals surface area contributed by atoms with Crippen LogP contribution < -0.4 is 5.73 Å². The lowest BCUT2D eigenvalue weighted by Gasteiger charge is -2.35. The van der Waals surface area contributed by atoms with Crippen LogP contribution in [0.5, 0.6) is 0 Å². The third-order valence-electron chi connectivity index (χ3n) is 4.37. The van der Waals surface area contributed by atoms with Crippen LogP contribution in [0.25, 0.3) is 0 Å². The van der Waals surface area contributed by atoms with E-state index in [2.05, 4.69) is 0 Å². The fraction of sp³-hybridized carbons (Fsp3) is 1.00. The van der Waals surface area contributed by atoms with Gasteiger partial charge in [-0.3, -0.25) is 0 Å². The van der Waals surface area contributed by atoms with Crippen molar-refractivity contribution >= 4 is 10.2 Å². The first kappa shape index (κ1) is 14.2. The molecule has 1 heterocycles. The zero-order valence-corrected chi connectivity index (χ0v) is 12.0. The van der Waals surface area contributed by atoms with Crippen LogP contribution in [0.3, 0.4) is 0 Å². The Kier molecular flexibility index (Phi) is 4.64. The summed E-state index contributed by atoms with van der Waals surface area (Å²) >= 11 is 0. The molecule has 0 radical (unpaired) electrons. The summed E-state index contributed by atoms with van der Waals surface area (Å²) in [6.07, 6.45) is 5.39. The molecule has 0 atom stereocenters. The summed E-state index contributed by atoms with van der Waals surface area (Å²) < 4.78 is 27.9. The SMILES string of the molecule is CN(CC1CCC1)S(=O)(=O)N1CCC(CN)CC1. The summed E-state index contributed by atoms with van der Waals surface area (Å²) in [6, 6.07) is 0. The number of rotatable bonds is 5. The van der Waals surface area contributed by atoms with Gasteiger partial charge in [-0.15, -0.1) is 0 Å². The van der Waals surface area contributed by atoms with Crippen LogP contribution >= 0.6 is 0 Å². The highest BCUT2D eigenvalue weighted by atomic mass is 32.2. The fourth-order valence-electron chi connectivity index (χ4n) is 2.71. The van der Waals surface area contributed by atoms with Gasteiger partial charge in [-0.25, -0.2) is 0 Å². The molecule has 2 rings (SSSR count). The van der Waals surface area contributed by atoms with Gasteiger partial charge in [-0.1, -0.05) is 6.42 Å². The summed E-state index contributed by atoms with van der Waals surface area (Å²) in [5, 5.41) is 0. The number of piperidine rings is 1. The Hall–Kier alpha value is -0.170. The molecule has 0 unspecified atom stereocenters. The molecule has 1 saturated carbocycles. The average Bonchev–Trinajstić information content (AvgIpc) is 2.33. The van der Waals surface area contributed by atoms with E-state index in [1.165, 1.54) is 19.3 Å². The van der Waals surface area contributed by atoms with Crippen molar-refractivity contribution in [3.63, 3.8) is 0 Å². The number of hydrogen-bond donors (Lipinski definition) is 1. The molecule has 0 aromatic carbocycles. The third-order valence-corrected chi connectivity index (χ3v) is 6.32. The lowest BCUT2D eigenvalue weighted by Crippen LogP contribution is -2.48. The zero-order chi connectivity index (χ0) is 13.2. The minimum absolute atomic E-state index is 0.494. The Morgan fingerprint density at radius 1 is 1.17 bits per heavy atom. The Bertz CT molecular complexity index is 360. The molecule has 106 valence electrons. The molecule has 1 aliphatic heterocycles. The normalized spacial score (nSPS) is 24.4. The first-order valence-corrected chi connectivity index (χ1v) is 8.35. The van der Waals surface area contributed by atoms with Crippen molar-refractivity contribution < 1.29 is 8.42 Å². The predicted octanol–water partition coefficient (Wildman–Crippen LogP) is 0.634. The van der Waals surface area contributed by atoms with Crippen LogP contribution in [0.2, 0.25) is 0 Å². The van der Waals surface area contributed by atoms with Gasteiger partial charge in [-0.2, -0.15) is 17.0 Å². The lowest BCUT2D eigenvalue weighted by molar-refractivity contribution is 0.233. The monoisotopic (exact) mass is 275 g/mol. The van der Waals surface area contributed by atoms with E-state index in [0.29, 0.717) is 38.0 Å². The molecule has 1 saturated heterocycles. The quantitative estimate of drug-likeness (QED) is 0.800. The largest absolute Gasteiger partial charge is 0.330 e. The van der Waals surface area contributed by atoms with E-state index < -0.39 is 10.2 Å². The first-order chi connectivity index (χ1) is 8.54. The van der Waals surface area contributed by atoms with E-state index in [1.54, 1.807) is 15.7 Å². The van der Waals surface area contributed by atoms with Gasteiger partial charge in [0.15, 0.2) is 0 Å². The first-order valence-electron chi connectivity index (χ1n) is 6.95. The molecule has 18 heavy (non-hydrogen) atoms. The Morgan fingerprint density at radius 3 is 2.22 bits per heavy atom. The summed E-state index contributed by atoms with van der Waals surface area (Å²) in [6.45, 7) is 2.60. The number of hydrogen-bond acceptors (Lipinski definition) is 3. The highest BCUT2D eigenvalue weighted by Gasteiger charge is 2.32. The molecular formula is C12H25N3O2S. The van der Waals surface area contributed by atoms with Crippen LogP contribution in [0.1, 0.15) is 32.1 Å². The van der Waals surface area contributed by atoms with Gasteiger partial charge < -0.3 is 5.73 Å². The highest BCUT2D eigenvalue weighted by Crippen LogP contribution is 2.28. The van der Waals surface area contributed by atoms with E-state index in [-0.39, 0.29) is 0 Å². The molecule has 2 aliphatic rings. The molecule has 0 bridgehead atoms. The Balaban J connectivity index is 1.89. The molecule has 2 N–H and O–H groups in total. The van der Waals surface area contributed by atoms with Crippen LogP contribution in [0.4, 0.5) is 0 Å². The van der Waals surface area contributed by atoms with E-state index in [9.17, 15) is 8.42 Å². The van der Waals surface area contributed by atoms with Gasteiger partial charge in [0.05, 0.1) is 0 Å². The third kappa shape index (κ3) is 3.04. The second kappa shape index (κ2) is 5.86. The lowest BCUT2D eigenvalue weighted by atomic mass is 9.86. The topological polar surface area (TPSA) is 66.6 Å². The Labute approximate surface area is 110 Å². The minimum Gasteiger partial charge on any atom is -0.330 e. The van der Waals surface area contributed by atoms with Gasteiger partial charge in [-0.05, 0) is 44.1 Å². The zero-order valence-electron chi connectivity index (χ0n) is 11.2. The molecule has 0 spiro atoms. The van der Waals surface area contributed by atoms with Crippen LogP contribution in [0, 0.1) is 11.8 Å². The fourth-order valence-corrected chi connectivity index (χ4v) is 4.17. The number of nitrogens with two attached hydrogens (primary N) is 1. The van der Waals surface area contributed by atoms with Crippen molar-refractivity contribution in [2.24, 2.45) is 17.6 Å². The molecule has 0 aromatic heterocycles. The molecule has 0 aromatic rings. The maximum atomic E-state index is 12.4. The second-order valence-corrected chi connectivity index (χ2v) is 7.70. The summed E-state index contributed by atoms with van der Waals surface area (Å²) in [4.78, 5) is 0. The highest BCUT2D eigenvalue weighted by molar-refractivity contribution is 7.86. The standard InChI is InChI=1S/C12H25N3O2S/c1-14(10-12-3-2-4-12)18(16,17)15-7-5-11(9-13)6-8-15/h11-12H,2-10,13H2,1H3. The minimum atomic E-state index is -3.24. The van der Waals surface area contributed by atoms with Crippen molar-refractivity contribution in [1.29, 1.82) is 0 Å². The van der Waals surface area contributed by atoms with Crippen LogP contribution in [0.15, 0.2) is 0 Å². The van der Waals surface area contributed by atoms with Crippen molar-refractivity contribution in [1.82, 2.24) is 8.61 Å². The van der Waals surface area contributed by atoms with Gasteiger partial charge in [0.1, 0.15) is 0 Å². The van der Waals surface area contributed by atoms with E-state index in [0.717, 1.165) is 12.8 Å². The number of nitrogens with zero attached hydrogens (tertiary/aromatic N) is 2. The van der Waals surface area contributed by atoms with E-state index >= 15 is 0 Å². The van der Waals surface area contributed by atoms with Gasteiger partial charge in [0.25, 0.3) is 10.2 Å². The molecule has 0 amide bonds. The molecule has 1 aliphatic carbocycles. The van der Waals surface area contributed by atoms with Gasteiger partial charge in [0.2, 0.25) is 0 Å². The van der Waals surface area contributed by atoms with Gasteiger partial charge in [0, 0.05) is 26.7 Å². The van der Waals surface area contributed by atoms with Crippen molar-refractivity contribution in [3.05, 3.63) is 0 Å². The molecule has 5 nitrogen and oxygen atoms in total. The average molecular weight is 275 g/mol. The van der Waals surface area contributed by atoms with Crippen molar-refractivity contribution in [2.45, 2.75) is 32.1 Å². The summed E-state index contributed by atoms with van der Waals surface area (Å²) in [7, 11) is -1.53. The summed E-state index contributed by atoms with van der Waals surface area (Å²) in [5.74, 6) is 1.07. The van der Waals surface area contributed by atoms with Crippen LogP contribution in [-0.2, 0) is 10.2 Å².